The number of piperidine rings is 2. The molecule has 1 aromatic rings. The largest absolute Gasteiger partial charge is 0.443 e. The predicted octanol–water partition coefficient (Wildman–Crippen LogP) is 1.38. The zero-order valence-electron chi connectivity index (χ0n) is 13.4. The maximum atomic E-state index is 14.6. The lowest BCUT2D eigenvalue weighted by atomic mass is 9.61. The number of ether oxygens (including phenoxy) is 1. The highest BCUT2D eigenvalue weighted by Gasteiger charge is 2.52. The number of carbonyl (C=O) groups is 2. The molecular weight excluding hydrogens is 313 g/mol. The van der Waals surface area contributed by atoms with Crippen LogP contribution >= 0.6 is 0 Å². The van der Waals surface area contributed by atoms with Gasteiger partial charge >= 0.3 is 6.09 Å². The third kappa shape index (κ3) is 2.18. The van der Waals surface area contributed by atoms with Crippen LogP contribution < -0.4 is 15.5 Å². The molecule has 128 valence electrons. The topological polar surface area (TPSA) is 75.9 Å². The second kappa shape index (κ2) is 5.44. The van der Waals surface area contributed by atoms with Gasteiger partial charge in [0.25, 0.3) is 0 Å². The number of fused-ring (bicyclic) bond motifs is 2. The Balaban J connectivity index is 1.53. The van der Waals surface area contributed by atoms with Gasteiger partial charge in [0.1, 0.15) is 17.7 Å². The molecule has 1 amide bonds. The number of cyclic esters (lactones) is 1. The zero-order valence-corrected chi connectivity index (χ0v) is 13.4. The number of nitrogens with zero attached hydrogens (tertiary/aromatic N) is 2. The van der Waals surface area contributed by atoms with Crippen molar-refractivity contribution in [2.24, 2.45) is 23.5 Å². The lowest BCUT2D eigenvalue weighted by Crippen LogP contribution is -2.61. The van der Waals surface area contributed by atoms with E-state index < -0.39 is 11.9 Å². The van der Waals surface area contributed by atoms with Crippen LogP contribution in [0.15, 0.2) is 18.2 Å². The van der Waals surface area contributed by atoms with Crippen LogP contribution in [0.4, 0.5) is 20.6 Å². The maximum absolute atomic E-state index is 14.6. The number of hydrogen-bond acceptors (Lipinski definition) is 5. The molecule has 4 fully saturated rings. The van der Waals surface area contributed by atoms with Crippen LogP contribution in [0.1, 0.15) is 6.92 Å². The number of anilines is 2. The van der Waals surface area contributed by atoms with Crippen molar-refractivity contribution in [1.29, 1.82) is 0 Å². The van der Waals surface area contributed by atoms with Gasteiger partial charge in [0.15, 0.2) is 0 Å². The lowest BCUT2D eigenvalue weighted by molar-refractivity contribution is -0.143. The summed E-state index contributed by atoms with van der Waals surface area (Å²) in [6.07, 6.45) is -0.863. The average molecular weight is 333 g/mol. The van der Waals surface area contributed by atoms with Crippen molar-refractivity contribution in [2.45, 2.75) is 13.0 Å². The quantitative estimate of drug-likeness (QED) is 0.904. The van der Waals surface area contributed by atoms with Gasteiger partial charge in [0.05, 0.1) is 17.9 Å². The van der Waals surface area contributed by atoms with E-state index in [0.717, 1.165) is 0 Å². The van der Waals surface area contributed by atoms with Gasteiger partial charge in [0, 0.05) is 31.5 Å². The number of amides is 1. The van der Waals surface area contributed by atoms with Gasteiger partial charge in [-0.1, -0.05) is 6.92 Å². The van der Waals surface area contributed by atoms with Crippen molar-refractivity contribution >= 4 is 23.3 Å². The molecule has 1 aliphatic carbocycles. The predicted molar refractivity (Wildman–Crippen MR) is 86.4 cm³/mol. The number of halogens is 1. The van der Waals surface area contributed by atoms with Gasteiger partial charge in [-0.15, -0.1) is 0 Å². The van der Waals surface area contributed by atoms with Crippen molar-refractivity contribution in [2.75, 3.05) is 36.0 Å². The molecule has 1 aromatic carbocycles. The molecular formula is C17H20FN3O3. The third-order valence-corrected chi connectivity index (χ3v) is 5.56. The average Bonchev–Trinajstić information content (AvgIpc) is 2.97. The number of nitrogens with two attached hydrogens (primary N) is 1. The van der Waals surface area contributed by atoms with Gasteiger partial charge in [-0.3, -0.25) is 9.69 Å². The van der Waals surface area contributed by atoms with Gasteiger partial charge in [0.2, 0.25) is 0 Å². The molecule has 3 heterocycles. The van der Waals surface area contributed by atoms with E-state index >= 15 is 0 Å². The molecule has 5 rings (SSSR count). The van der Waals surface area contributed by atoms with E-state index in [4.69, 9.17) is 10.5 Å². The van der Waals surface area contributed by atoms with E-state index in [-0.39, 0.29) is 24.5 Å². The summed E-state index contributed by atoms with van der Waals surface area (Å²) < 4.78 is 19.7. The van der Waals surface area contributed by atoms with Crippen LogP contribution in [0.2, 0.25) is 0 Å². The van der Waals surface area contributed by atoms with Crippen molar-refractivity contribution in [3.63, 3.8) is 0 Å². The van der Waals surface area contributed by atoms with Crippen molar-refractivity contribution in [3.8, 4) is 0 Å². The molecule has 24 heavy (non-hydrogen) atoms. The van der Waals surface area contributed by atoms with Gasteiger partial charge < -0.3 is 15.4 Å². The van der Waals surface area contributed by atoms with Crippen molar-refractivity contribution in [1.82, 2.24) is 0 Å². The number of ketones is 1. The molecule has 1 saturated carbocycles. The summed E-state index contributed by atoms with van der Waals surface area (Å²) in [5.74, 6) is 0.341. The Kier molecular flexibility index (Phi) is 3.49. The molecule has 4 aliphatic rings. The second-order valence-corrected chi connectivity index (χ2v) is 6.87. The van der Waals surface area contributed by atoms with Crippen LogP contribution in [-0.4, -0.2) is 44.2 Å². The van der Waals surface area contributed by atoms with E-state index in [1.807, 2.05) is 4.90 Å². The first-order valence-corrected chi connectivity index (χ1v) is 8.26. The van der Waals surface area contributed by atoms with Crippen LogP contribution in [0.5, 0.6) is 0 Å². The molecule has 4 atom stereocenters. The Hall–Kier alpha value is -2.15. The van der Waals surface area contributed by atoms with Crippen LogP contribution in [0, 0.1) is 23.6 Å². The smallest absolute Gasteiger partial charge is 0.414 e. The first-order chi connectivity index (χ1) is 11.5. The highest BCUT2D eigenvalue weighted by molar-refractivity contribution is 5.93. The molecule has 0 spiro atoms. The Labute approximate surface area is 139 Å². The Bertz CT molecular complexity index is 694. The minimum atomic E-state index is -0.503. The lowest BCUT2D eigenvalue weighted by Gasteiger charge is -2.51. The molecule has 0 aromatic heterocycles. The van der Waals surface area contributed by atoms with Gasteiger partial charge in [-0.25, -0.2) is 9.18 Å². The SMILES string of the molecule is CC1[C@@H]2CN(c3ccc(N4C[C@H](CN)OC4=O)cc3F)C[C@H]1C2=O. The monoisotopic (exact) mass is 333 g/mol. The number of hydrogen-bond donors (Lipinski definition) is 1. The van der Waals surface area contributed by atoms with E-state index in [1.54, 1.807) is 12.1 Å². The van der Waals surface area contributed by atoms with E-state index in [1.165, 1.54) is 11.0 Å². The molecule has 6 nitrogen and oxygen atoms in total. The fourth-order valence-electron chi connectivity index (χ4n) is 3.99. The minimum absolute atomic E-state index is 0.0155. The maximum Gasteiger partial charge on any atom is 0.414 e. The Morgan fingerprint density at radius 2 is 1.96 bits per heavy atom. The zero-order chi connectivity index (χ0) is 17.0. The number of benzene rings is 1. The van der Waals surface area contributed by atoms with Crippen molar-refractivity contribution < 1.29 is 18.7 Å². The third-order valence-electron chi connectivity index (χ3n) is 5.56. The molecule has 2 N–H and O–H groups in total. The fraction of sp³-hybridized carbons (Fsp3) is 0.529. The van der Waals surface area contributed by atoms with Crippen LogP contribution in [0.25, 0.3) is 0 Å². The second-order valence-electron chi connectivity index (χ2n) is 6.87. The summed E-state index contributed by atoms with van der Waals surface area (Å²) in [5, 5.41) is 0. The molecule has 3 aliphatic heterocycles. The van der Waals surface area contributed by atoms with Gasteiger partial charge in [-0.05, 0) is 24.1 Å². The van der Waals surface area contributed by atoms with E-state index in [0.29, 0.717) is 42.7 Å². The normalized spacial score (nSPS) is 32.0. The van der Waals surface area contributed by atoms with Crippen LogP contribution in [-0.2, 0) is 9.53 Å². The summed E-state index contributed by atoms with van der Waals surface area (Å²) in [6.45, 7) is 3.78. The Morgan fingerprint density at radius 3 is 2.50 bits per heavy atom. The summed E-state index contributed by atoms with van der Waals surface area (Å²) in [5.41, 5.74) is 6.46. The first-order valence-electron chi connectivity index (χ1n) is 8.26. The minimum Gasteiger partial charge on any atom is -0.443 e. The molecule has 2 bridgehead atoms. The number of rotatable bonds is 3. The van der Waals surface area contributed by atoms with Crippen molar-refractivity contribution in [3.05, 3.63) is 24.0 Å². The van der Waals surface area contributed by atoms with Gasteiger partial charge in [-0.2, -0.15) is 0 Å². The van der Waals surface area contributed by atoms with Crippen LogP contribution in [0.3, 0.4) is 0 Å². The summed E-state index contributed by atoms with van der Waals surface area (Å²) in [4.78, 5) is 27.0. The molecule has 3 saturated heterocycles. The first kappa shape index (κ1) is 15.4. The summed E-state index contributed by atoms with van der Waals surface area (Å²) in [7, 11) is 0. The Morgan fingerprint density at radius 1 is 1.25 bits per heavy atom. The molecule has 1 unspecified atom stereocenters. The van der Waals surface area contributed by atoms with E-state index in [2.05, 4.69) is 6.92 Å². The highest BCUT2D eigenvalue weighted by atomic mass is 19.1. The fourth-order valence-corrected chi connectivity index (χ4v) is 3.99. The summed E-state index contributed by atoms with van der Waals surface area (Å²) in [6, 6.07) is 4.73. The standard InChI is InChI=1S/C17H20FN3O3/c1-9-12-7-20(8-13(9)16(12)22)15-3-2-10(4-14(15)18)21-6-11(5-19)24-17(21)23/h2-4,9,11-13H,5-8,19H2,1H3/t9?,11-,12-,13+/m0/s1. The number of carbonyl (C=O) groups excluding carboxylic acids is 2. The highest BCUT2D eigenvalue weighted by Crippen LogP contribution is 2.43. The van der Waals surface area contributed by atoms with E-state index in [9.17, 15) is 14.0 Å². The molecule has 7 heteroatoms. The number of Topliss-reactive ketones (excluding diaryl/α,β-unsaturated/α-hetero) is 1. The summed E-state index contributed by atoms with van der Waals surface area (Å²) >= 11 is 0. The molecule has 0 radical (unpaired) electrons.